The average Bonchev–Trinajstić information content (AvgIpc) is 3.37. The van der Waals surface area contributed by atoms with Gasteiger partial charge in [-0.2, -0.15) is 18.4 Å². The van der Waals surface area contributed by atoms with Crippen molar-refractivity contribution >= 4 is 29.4 Å². The zero-order chi connectivity index (χ0) is 29.0. The number of piperidine rings is 1. The number of hydrogen-bond acceptors (Lipinski definition) is 6. The number of aromatic nitrogens is 1. The Balaban J connectivity index is 1.43. The molecule has 2 aliphatic heterocycles. The van der Waals surface area contributed by atoms with Gasteiger partial charge in [0, 0.05) is 56.3 Å². The summed E-state index contributed by atoms with van der Waals surface area (Å²) in [5.74, 6) is 0.276. The second-order valence-electron chi connectivity index (χ2n) is 10.4. The molecule has 0 spiro atoms. The number of likely N-dealkylation sites (N-methyl/N-ethyl adjacent to an activating group) is 1. The summed E-state index contributed by atoms with van der Waals surface area (Å²) < 4.78 is 43.4. The summed E-state index contributed by atoms with van der Waals surface area (Å²) in [5, 5.41) is 9.53. The second-order valence-corrected chi connectivity index (χ2v) is 10.8. The van der Waals surface area contributed by atoms with Crippen LogP contribution < -0.4 is 4.90 Å². The lowest BCUT2D eigenvalue weighted by Crippen LogP contribution is -2.45. The number of amides is 2. The molecule has 4 rings (SSSR count). The van der Waals surface area contributed by atoms with Crippen LogP contribution in [0.15, 0.2) is 42.6 Å². The van der Waals surface area contributed by atoms with Gasteiger partial charge in [-0.25, -0.2) is 9.78 Å². The van der Waals surface area contributed by atoms with E-state index in [2.05, 4.69) is 9.88 Å². The van der Waals surface area contributed by atoms with Crippen LogP contribution in [-0.4, -0.2) is 78.3 Å². The van der Waals surface area contributed by atoms with E-state index in [-0.39, 0.29) is 24.3 Å². The van der Waals surface area contributed by atoms with Gasteiger partial charge in [-0.3, -0.25) is 4.79 Å². The minimum absolute atomic E-state index is 0.0129. The van der Waals surface area contributed by atoms with Crippen molar-refractivity contribution in [1.29, 1.82) is 5.26 Å². The van der Waals surface area contributed by atoms with E-state index >= 15 is 0 Å². The molecular formula is C28H31ClF3N5O3. The fourth-order valence-corrected chi connectivity index (χ4v) is 5.53. The Bertz CT molecular complexity index is 1230. The van der Waals surface area contributed by atoms with Crippen molar-refractivity contribution in [1.82, 2.24) is 14.8 Å². The predicted octanol–water partition coefficient (Wildman–Crippen LogP) is 5.23. The number of pyridine rings is 1. The number of anilines is 1. The van der Waals surface area contributed by atoms with Crippen LogP contribution in [-0.2, 0) is 9.53 Å². The lowest BCUT2D eigenvalue weighted by Gasteiger charge is -2.34. The monoisotopic (exact) mass is 577 g/mol. The van der Waals surface area contributed by atoms with Gasteiger partial charge in [0.1, 0.15) is 18.0 Å². The molecule has 0 radical (unpaired) electrons. The van der Waals surface area contributed by atoms with Gasteiger partial charge >= 0.3 is 12.3 Å². The molecule has 214 valence electrons. The predicted molar refractivity (Wildman–Crippen MR) is 143 cm³/mol. The Kier molecular flexibility index (Phi) is 9.08. The number of nitrogens with zero attached hydrogens (tertiary/aromatic N) is 5. The Hall–Kier alpha value is -3.52. The second kappa shape index (κ2) is 12.3. The highest BCUT2D eigenvalue weighted by atomic mass is 35.5. The number of ether oxygens (including phenoxy) is 1. The average molecular weight is 578 g/mol. The number of rotatable bonds is 6. The zero-order valence-corrected chi connectivity index (χ0v) is 23.0. The highest BCUT2D eigenvalue weighted by molar-refractivity contribution is 6.30. The van der Waals surface area contributed by atoms with E-state index in [0.717, 1.165) is 11.4 Å². The third-order valence-electron chi connectivity index (χ3n) is 7.55. The molecule has 2 aliphatic rings. The molecule has 0 bridgehead atoms. The van der Waals surface area contributed by atoms with Crippen LogP contribution in [0.2, 0.25) is 5.02 Å². The van der Waals surface area contributed by atoms with E-state index < -0.39 is 30.8 Å². The van der Waals surface area contributed by atoms with Crippen LogP contribution in [0.1, 0.15) is 43.2 Å². The third kappa shape index (κ3) is 7.16. The molecule has 0 aliphatic carbocycles. The maximum absolute atomic E-state index is 13.6. The van der Waals surface area contributed by atoms with Gasteiger partial charge in [0.15, 0.2) is 0 Å². The number of likely N-dealkylation sites (tertiary alicyclic amines) is 1. The molecule has 3 atom stereocenters. The molecule has 1 aromatic carbocycles. The first-order chi connectivity index (χ1) is 18.9. The number of nitriles is 1. The topological polar surface area (TPSA) is 89.8 Å². The van der Waals surface area contributed by atoms with Crippen molar-refractivity contribution < 1.29 is 27.5 Å². The van der Waals surface area contributed by atoms with E-state index in [1.54, 1.807) is 29.2 Å². The van der Waals surface area contributed by atoms with E-state index in [1.165, 1.54) is 25.1 Å². The normalized spacial score (nSPS) is 20.6. The summed E-state index contributed by atoms with van der Waals surface area (Å²) in [7, 11) is 1.49. The number of halogens is 4. The molecule has 0 saturated carbocycles. The van der Waals surface area contributed by atoms with Crippen molar-refractivity contribution in [2.75, 3.05) is 38.1 Å². The van der Waals surface area contributed by atoms with Gasteiger partial charge in [-0.1, -0.05) is 23.7 Å². The molecule has 2 fully saturated rings. The van der Waals surface area contributed by atoms with Crippen LogP contribution in [0.25, 0.3) is 0 Å². The Labute approximate surface area is 236 Å². The largest absolute Gasteiger partial charge is 0.446 e. The molecule has 8 nitrogen and oxygen atoms in total. The Morgan fingerprint density at radius 1 is 1.18 bits per heavy atom. The van der Waals surface area contributed by atoms with Crippen LogP contribution in [0.4, 0.5) is 23.8 Å². The van der Waals surface area contributed by atoms with Crippen LogP contribution >= 0.6 is 11.6 Å². The van der Waals surface area contributed by atoms with Gasteiger partial charge in [0.25, 0.3) is 0 Å². The van der Waals surface area contributed by atoms with Gasteiger partial charge in [-0.15, -0.1) is 0 Å². The number of hydrogen-bond donors (Lipinski definition) is 0. The number of carbonyl (C=O) groups is 2. The summed E-state index contributed by atoms with van der Waals surface area (Å²) in [6, 6.07) is 12.2. The smallest absolute Gasteiger partial charge is 0.410 e. The SMILES string of the molecule is CC(CC(F)(F)F)OC(=O)N(C)[C@@H]1CN(C(=O)C2CCN(c3ccc(C#N)cn3)CC2)C[C@H]1c1ccc(Cl)cc1. The molecule has 3 heterocycles. The highest BCUT2D eigenvalue weighted by Gasteiger charge is 2.43. The van der Waals surface area contributed by atoms with E-state index in [4.69, 9.17) is 21.6 Å². The minimum atomic E-state index is -4.45. The van der Waals surface area contributed by atoms with Gasteiger partial charge in [0.05, 0.1) is 18.0 Å². The molecule has 2 amide bonds. The molecule has 0 N–H and O–H groups in total. The third-order valence-corrected chi connectivity index (χ3v) is 7.80. The van der Waals surface area contributed by atoms with E-state index in [0.29, 0.717) is 43.1 Å². The Morgan fingerprint density at radius 3 is 2.42 bits per heavy atom. The minimum Gasteiger partial charge on any atom is -0.446 e. The number of benzene rings is 1. The first kappa shape index (κ1) is 29.5. The fourth-order valence-electron chi connectivity index (χ4n) is 5.41. The molecule has 1 aromatic heterocycles. The fraction of sp³-hybridized carbons (Fsp3) is 0.500. The van der Waals surface area contributed by atoms with E-state index in [9.17, 15) is 22.8 Å². The Morgan fingerprint density at radius 2 is 1.85 bits per heavy atom. The van der Waals surface area contributed by atoms with Crippen LogP contribution in [0.3, 0.4) is 0 Å². The lowest BCUT2D eigenvalue weighted by atomic mass is 9.93. The quantitative estimate of drug-likeness (QED) is 0.467. The van der Waals surface area contributed by atoms with Gasteiger partial charge in [-0.05, 0) is 49.6 Å². The van der Waals surface area contributed by atoms with Crippen molar-refractivity contribution in [2.24, 2.45) is 5.92 Å². The summed E-state index contributed by atoms with van der Waals surface area (Å²) in [6.45, 7) is 3.08. The first-order valence-corrected chi connectivity index (χ1v) is 13.5. The first-order valence-electron chi connectivity index (χ1n) is 13.1. The molecule has 12 heteroatoms. The zero-order valence-electron chi connectivity index (χ0n) is 22.3. The van der Waals surface area contributed by atoms with E-state index in [1.807, 2.05) is 18.2 Å². The molecule has 2 aromatic rings. The number of alkyl halides is 3. The molecule has 2 saturated heterocycles. The molecule has 1 unspecified atom stereocenters. The van der Waals surface area contributed by atoms with Crippen LogP contribution in [0, 0.1) is 17.2 Å². The van der Waals surface area contributed by atoms with Crippen molar-refractivity contribution in [3.63, 3.8) is 0 Å². The molecular weight excluding hydrogens is 547 g/mol. The maximum Gasteiger partial charge on any atom is 0.410 e. The summed E-state index contributed by atoms with van der Waals surface area (Å²) in [5.41, 5.74) is 1.35. The van der Waals surface area contributed by atoms with Crippen molar-refractivity contribution in [3.8, 4) is 6.07 Å². The van der Waals surface area contributed by atoms with Crippen molar-refractivity contribution in [3.05, 3.63) is 58.7 Å². The van der Waals surface area contributed by atoms with Gasteiger partial charge in [0.2, 0.25) is 5.91 Å². The number of carbonyl (C=O) groups excluding carboxylic acids is 2. The van der Waals surface area contributed by atoms with Crippen LogP contribution in [0.5, 0.6) is 0 Å². The van der Waals surface area contributed by atoms with Crippen molar-refractivity contribution in [2.45, 2.75) is 50.4 Å². The maximum atomic E-state index is 13.6. The summed E-state index contributed by atoms with van der Waals surface area (Å²) >= 11 is 6.07. The molecule has 40 heavy (non-hydrogen) atoms. The highest BCUT2D eigenvalue weighted by Crippen LogP contribution is 2.34. The summed E-state index contributed by atoms with van der Waals surface area (Å²) in [6.07, 6.45) is -5.11. The summed E-state index contributed by atoms with van der Waals surface area (Å²) in [4.78, 5) is 35.9. The standard InChI is InChI=1S/C28H31ClF3N5O3/c1-18(13-28(30,31)32)40-27(39)35(2)24-17-37(16-23(24)20-4-6-22(29)7-5-20)26(38)21-9-11-36(12-10-21)25-8-3-19(14-33)15-34-25/h3-8,15,18,21,23-24H,9-13,16-17H2,1-2H3/t18?,23-,24+/m0/s1. The lowest BCUT2D eigenvalue weighted by molar-refractivity contribution is -0.152. The van der Waals surface area contributed by atoms with Gasteiger partial charge < -0.3 is 19.4 Å².